The van der Waals surface area contributed by atoms with E-state index in [4.69, 9.17) is 0 Å². The minimum absolute atomic E-state index is 0.158. The minimum Gasteiger partial charge on any atom is -0.311 e. The molecule has 1 aliphatic rings. The summed E-state index contributed by atoms with van der Waals surface area (Å²) in [4.78, 5) is 13.2. The van der Waals surface area contributed by atoms with Crippen LogP contribution in [0.3, 0.4) is 0 Å². The molecule has 0 aliphatic carbocycles. The maximum absolute atomic E-state index is 13.0. The third-order valence-electron chi connectivity index (χ3n) is 3.91. The van der Waals surface area contributed by atoms with Crippen LogP contribution in [-0.2, 0) is 22.1 Å². The molecule has 6 nitrogen and oxygen atoms in total. The number of aryl methyl sites for hydroxylation is 2. The molecule has 1 aliphatic heterocycles. The second kappa shape index (κ2) is 4.52. The average molecular weight is 311 g/mol. The van der Waals surface area contributed by atoms with Crippen LogP contribution in [0.1, 0.15) is 12.1 Å². The molecule has 2 heterocycles. The van der Waals surface area contributed by atoms with Crippen LogP contribution in [0.4, 0.5) is 9.57 Å². The van der Waals surface area contributed by atoms with Crippen molar-refractivity contribution in [2.75, 3.05) is 11.4 Å². The maximum Gasteiger partial charge on any atom is 0.307 e. The number of halogens is 1. The normalized spacial score (nSPS) is 19.7. The van der Waals surface area contributed by atoms with Gasteiger partial charge in [0.2, 0.25) is 5.91 Å². The highest BCUT2D eigenvalue weighted by molar-refractivity contribution is 7.87. The molecule has 8 heteroatoms. The molecule has 3 rings (SSSR count). The van der Waals surface area contributed by atoms with Gasteiger partial charge in [0, 0.05) is 36.8 Å². The summed E-state index contributed by atoms with van der Waals surface area (Å²) < 4.78 is 36.7. The van der Waals surface area contributed by atoms with Crippen molar-refractivity contribution in [3.05, 3.63) is 23.9 Å². The van der Waals surface area contributed by atoms with E-state index >= 15 is 0 Å². The van der Waals surface area contributed by atoms with Gasteiger partial charge < -0.3 is 4.90 Å². The largest absolute Gasteiger partial charge is 0.311 e. The summed E-state index contributed by atoms with van der Waals surface area (Å²) in [5.74, 6) is -0.395. The van der Waals surface area contributed by atoms with Gasteiger partial charge in [-0.2, -0.15) is 13.5 Å². The third-order valence-corrected chi connectivity index (χ3v) is 5.03. The number of fused-ring (bicyclic) bond motifs is 1. The van der Waals surface area contributed by atoms with Gasteiger partial charge in [0.25, 0.3) is 0 Å². The van der Waals surface area contributed by atoms with Crippen molar-refractivity contribution in [1.29, 1.82) is 0 Å². The van der Waals surface area contributed by atoms with Crippen molar-refractivity contribution in [3.8, 4) is 0 Å². The fourth-order valence-corrected chi connectivity index (χ4v) is 3.27. The van der Waals surface area contributed by atoms with Gasteiger partial charge >= 0.3 is 10.2 Å². The van der Waals surface area contributed by atoms with Gasteiger partial charge in [-0.15, -0.1) is 3.89 Å². The highest BCUT2D eigenvalue weighted by Crippen LogP contribution is 2.29. The van der Waals surface area contributed by atoms with Crippen molar-refractivity contribution in [2.45, 2.75) is 18.6 Å². The van der Waals surface area contributed by atoms with E-state index in [9.17, 15) is 17.1 Å². The van der Waals surface area contributed by atoms with Crippen LogP contribution in [0.5, 0.6) is 0 Å². The molecule has 1 atom stereocenters. The molecule has 1 aromatic heterocycles. The molecule has 0 saturated carbocycles. The molecular formula is C13H14FN3O3S. The van der Waals surface area contributed by atoms with E-state index in [-0.39, 0.29) is 13.0 Å². The highest BCUT2D eigenvalue weighted by Gasteiger charge is 2.39. The van der Waals surface area contributed by atoms with E-state index in [1.54, 1.807) is 16.8 Å². The molecule has 1 fully saturated rings. The lowest BCUT2D eigenvalue weighted by molar-refractivity contribution is -0.117. The smallest absolute Gasteiger partial charge is 0.307 e. The first-order chi connectivity index (χ1) is 9.77. The number of anilines is 1. The predicted molar refractivity (Wildman–Crippen MR) is 76.2 cm³/mol. The fourth-order valence-electron chi connectivity index (χ4n) is 2.60. The summed E-state index contributed by atoms with van der Waals surface area (Å²) in [5, 5.41) is 4.00. The quantitative estimate of drug-likeness (QED) is 0.783. The number of hydrogen-bond donors (Lipinski definition) is 0. The number of benzene rings is 1. The van der Waals surface area contributed by atoms with Crippen LogP contribution >= 0.6 is 0 Å². The van der Waals surface area contributed by atoms with Crippen LogP contribution in [-0.4, -0.2) is 35.9 Å². The number of carbonyl (C=O) groups excluding carboxylic acids is 1. The zero-order valence-corrected chi connectivity index (χ0v) is 12.4. The zero-order valence-electron chi connectivity index (χ0n) is 11.6. The Morgan fingerprint density at radius 2 is 2.10 bits per heavy atom. The summed E-state index contributed by atoms with van der Waals surface area (Å²) >= 11 is 0. The molecule has 21 heavy (non-hydrogen) atoms. The first-order valence-corrected chi connectivity index (χ1v) is 7.89. The molecule has 112 valence electrons. The Morgan fingerprint density at radius 3 is 2.71 bits per heavy atom. The molecule has 0 radical (unpaired) electrons. The first kappa shape index (κ1) is 14.0. The number of aromatic nitrogens is 2. The van der Waals surface area contributed by atoms with Gasteiger partial charge in [0.05, 0.1) is 5.52 Å². The molecule has 1 unspecified atom stereocenters. The van der Waals surface area contributed by atoms with Gasteiger partial charge in [0.15, 0.2) is 0 Å². The number of amides is 1. The van der Waals surface area contributed by atoms with Crippen LogP contribution < -0.4 is 4.90 Å². The minimum atomic E-state index is -4.70. The van der Waals surface area contributed by atoms with E-state index in [0.717, 1.165) is 11.1 Å². The SMILES string of the molecule is Cc1c2ccc(N3CC(S(=O)(=O)F)CC3=O)cc2nn1C. The van der Waals surface area contributed by atoms with E-state index < -0.39 is 21.4 Å². The van der Waals surface area contributed by atoms with Gasteiger partial charge in [-0.25, -0.2) is 0 Å². The van der Waals surface area contributed by atoms with Crippen molar-refractivity contribution in [3.63, 3.8) is 0 Å². The van der Waals surface area contributed by atoms with Crippen molar-refractivity contribution in [2.24, 2.45) is 7.05 Å². The summed E-state index contributed by atoms with van der Waals surface area (Å²) in [6.07, 6.45) is -0.321. The lowest BCUT2D eigenvalue weighted by Gasteiger charge is -2.15. The van der Waals surface area contributed by atoms with E-state index in [1.807, 2.05) is 20.0 Å². The Bertz CT molecular complexity index is 844. The summed E-state index contributed by atoms with van der Waals surface area (Å²) in [7, 11) is -2.88. The van der Waals surface area contributed by atoms with Crippen LogP contribution in [0.15, 0.2) is 18.2 Å². The zero-order chi connectivity index (χ0) is 15.4. The van der Waals surface area contributed by atoms with Crippen LogP contribution in [0.2, 0.25) is 0 Å². The molecule has 0 spiro atoms. The average Bonchev–Trinajstić information content (AvgIpc) is 2.91. The molecule has 0 N–H and O–H groups in total. The monoisotopic (exact) mass is 311 g/mol. The Hall–Kier alpha value is -1.96. The number of nitrogens with zero attached hydrogens (tertiary/aromatic N) is 3. The van der Waals surface area contributed by atoms with Crippen molar-refractivity contribution < 1.29 is 17.1 Å². The highest BCUT2D eigenvalue weighted by atomic mass is 32.3. The third kappa shape index (κ3) is 2.29. The van der Waals surface area contributed by atoms with Gasteiger partial charge in [-0.1, -0.05) is 0 Å². The number of rotatable bonds is 2. The van der Waals surface area contributed by atoms with E-state index in [2.05, 4.69) is 5.10 Å². The lowest BCUT2D eigenvalue weighted by Crippen LogP contribution is -2.26. The second-order valence-corrected chi connectivity index (χ2v) is 6.83. The Morgan fingerprint density at radius 1 is 1.38 bits per heavy atom. The van der Waals surface area contributed by atoms with Crippen molar-refractivity contribution in [1.82, 2.24) is 9.78 Å². The van der Waals surface area contributed by atoms with Gasteiger partial charge in [-0.3, -0.25) is 9.48 Å². The number of carbonyl (C=O) groups is 1. The van der Waals surface area contributed by atoms with E-state index in [0.29, 0.717) is 11.2 Å². The molecule has 0 bridgehead atoms. The summed E-state index contributed by atoms with van der Waals surface area (Å²) in [5.41, 5.74) is 2.25. The maximum atomic E-state index is 13.0. The predicted octanol–water partition coefficient (Wildman–Crippen LogP) is 1.29. The molecule has 1 saturated heterocycles. The number of hydrogen-bond acceptors (Lipinski definition) is 4. The fraction of sp³-hybridized carbons (Fsp3) is 0.385. The summed E-state index contributed by atoms with van der Waals surface area (Å²) in [6, 6.07) is 5.27. The lowest BCUT2D eigenvalue weighted by atomic mass is 10.2. The van der Waals surface area contributed by atoms with Crippen LogP contribution in [0.25, 0.3) is 10.9 Å². The van der Waals surface area contributed by atoms with Crippen molar-refractivity contribution >= 4 is 32.7 Å². The van der Waals surface area contributed by atoms with E-state index in [1.165, 1.54) is 4.90 Å². The molecule has 1 amide bonds. The van der Waals surface area contributed by atoms with Gasteiger partial charge in [0.1, 0.15) is 5.25 Å². The first-order valence-electron chi connectivity index (χ1n) is 6.44. The Labute approximate surface area is 121 Å². The molecular weight excluding hydrogens is 297 g/mol. The Kier molecular flexibility index (Phi) is 3.01. The second-order valence-electron chi connectivity index (χ2n) is 5.22. The standard InChI is InChI=1S/C13H14FN3O3S/c1-8-11-4-3-9(5-12(11)15-16(8)2)17-7-10(6-13(17)18)21(14,19)20/h3-5,10H,6-7H2,1-2H3. The Balaban J connectivity index is 1.99. The van der Waals surface area contributed by atoms with Crippen LogP contribution in [0, 0.1) is 6.92 Å². The molecule has 2 aromatic rings. The van der Waals surface area contributed by atoms with Gasteiger partial charge in [-0.05, 0) is 25.1 Å². The molecule has 1 aromatic carbocycles. The topological polar surface area (TPSA) is 72.3 Å². The summed E-state index contributed by atoms with van der Waals surface area (Å²) in [6.45, 7) is 1.77.